The van der Waals surface area contributed by atoms with E-state index in [2.05, 4.69) is 4.72 Å². The normalized spacial score (nSPS) is 18.6. The number of carboxylic acid groups (broad SMARTS) is 1. The van der Waals surface area contributed by atoms with Gasteiger partial charge in [-0.3, -0.25) is 0 Å². The monoisotopic (exact) mass is 316 g/mol. The van der Waals surface area contributed by atoms with E-state index < -0.39 is 21.5 Å². The molecule has 3 N–H and O–H groups in total. The van der Waals surface area contributed by atoms with Crippen LogP contribution in [-0.2, 0) is 17.1 Å². The molecule has 1 aliphatic carbocycles. The summed E-state index contributed by atoms with van der Waals surface area (Å²) in [6.45, 7) is -0.259. The molecule has 0 spiro atoms. The summed E-state index contributed by atoms with van der Waals surface area (Å²) in [5, 5.41) is 18.6. The number of sulfonamides is 1. The molecule has 1 aliphatic rings. The van der Waals surface area contributed by atoms with Crippen LogP contribution in [0.3, 0.4) is 0 Å². The van der Waals surface area contributed by atoms with Crippen LogP contribution in [0.15, 0.2) is 17.2 Å². The average Bonchev–Trinajstić information content (AvgIpc) is 2.82. The van der Waals surface area contributed by atoms with Crippen LogP contribution >= 0.6 is 0 Å². The summed E-state index contributed by atoms with van der Waals surface area (Å²) < 4.78 is 28.7. The highest BCUT2D eigenvalue weighted by Crippen LogP contribution is 2.29. The Bertz CT molecular complexity index is 629. The van der Waals surface area contributed by atoms with E-state index in [-0.39, 0.29) is 17.2 Å². The molecule has 118 valence electrons. The van der Waals surface area contributed by atoms with Gasteiger partial charge in [0.2, 0.25) is 10.0 Å². The van der Waals surface area contributed by atoms with Crippen LogP contribution in [0.25, 0.3) is 0 Å². The molecule has 0 aliphatic heterocycles. The summed E-state index contributed by atoms with van der Waals surface area (Å²) >= 11 is 0. The lowest BCUT2D eigenvalue weighted by atomic mass is 9.83. The van der Waals surface area contributed by atoms with Crippen molar-refractivity contribution in [3.05, 3.63) is 18.0 Å². The Labute approximate surface area is 123 Å². The third-order valence-corrected chi connectivity index (χ3v) is 5.52. The number of aromatic carboxylic acids is 1. The molecule has 0 saturated heterocycles. The molecule has 7 nitrogen and oxygen atoms in total. The van der Waals surface area contributed by atoms with E-state index in [4.69, 9.17) is 5.11 Å². The second-order valence-electron chi connectivity index (χ2n) is 5.58. The molecule has 1 aromatic rings. The first kappa shape index (κ1) is 16.0. The maximum absolute atomic E-state index is 12.4. The largest absolute Gasteiger partial charge is 0.477 e. The molecule has 8 heteroatoms. The molecular weight excluding hydrogens is 296 g/mol. The van der Waals surface area contributed by atoms with Crippen LogP contribution in [0, 0.1) is 0 Å². The second kappa shape index (κ2) is 5.78. The SMILES string of the molecule is Cn1cc(S(=O)(=O)NC2(CO)CCCCC2)cc1C(=O)O. The summed E-state index contributed by atoms with van der Waals surface area (Å²) in [5.41, 5.74) is -0.937. The highest BCUT2D eigenvalue weighted by molar-refractivity contribution is 7.89. The summed E-state index contributed by atoms with van der Waals surface area (Å²) in [7, 11) is -2.38. The van der Waals surface area contributed by atoms with Crippen LogP contribution in [0.4, 0.5) is 0 Å². The Kier molecular flexibility index (Phi) is 4.40. The molecule has 21 heavy (non-hydrogen) atoms. The lowest BCUT2D eigenvalue weighted by Gasteiger charge is -2.35. The van der Waals surface area contributed by atoms with E-state index in [0.29, 0.717) is 12.8 Å². The molecule has 0 atom stereocenters. The van der Waals surface area contributed by atoms with Crippen molar-refractivity contribution in [2.45, 2.75) is 42.5 Å². The molecule has 1 saturated carbocycles. The van der Waals surface area contributed by atoms with Crippen molar-refractivity contribution < 1.29 is 23.4 Å². The van der Waals surface area contributed by atoms with E-state index in [1.807, 2.05) is 0 Å². The van der Waals surface area contributed by atoms with Crippen LogP contribution in [0.5, 0.6) is 0 Å². The predicted molar refractivity (Wildman–Crippen MR) is 75.6 cm³/mol. The first-order valence-corrected chi connectivity index (χ1v) is 8.32. The van der Waals surface area contributed by atoms with E-state index in [9.17, 15) is 18.3 Å². The van der Waals surface area contributed by atoms with E-state index in [1.54, 1.807) is 0 Å². The summed E-state index contributed by atoms with van der Waals surface area (Å²) in [6, 6.07) is 1.12. The lowest BCUT2D eigenvalue weighted by molar-refractivity contribution is 0.0686. The van der Waals surface area contributed by atoms with Gasteiger partial charge in [-0.25, -0.2) is 17.9 Å². The quantitative estimate of drug-likeness (QED) is 0.741. The Morgan fingerprint density at radius 1 is 1.38 bits per heavy atom. The second-order valence-corrected chi connectivity index (χ2v) is 7.26. The van der Waals surface area contributed by atoms with Gasteiger partial charge < -0.3 is 14.8 Å². The zero-order chi connectivity index (χ0) is 15.7. The Balaban J connectivity index is 2.29. The number of aryl methyl sites for hydroxylation is 1. The molecule has 1 aromatic heterocycles. The molecule has 0 bridgehead atoms. The molecule has 2 rings (SSSR count). The van der Waals surface area contributed by atoms with Crippen molar-refractivity contribution in [2.24, 2.45) is 7.05 Å². The molecule has 0 aromatic carbocycles. The molecule has 0 amide bonds. The number of hydrogen-bond acceptors (Lipinski definition) is 4. The fourth-order valence-electron chi connectivity index (χ4n) is 2.76. The van der Waals surface area contributed by atoms with Crippen molar-refractivity contribution in [3.8, 4) is 0 Å². The van der Waals surface area contributed by atoms with Gasteiger partial charge in [0.05, 0.1) is 12.1 Å². The topological polar surface area (TPSA) is 109 Å². The van der Waals surface area contributed by atoms with Gasteiger partial charge >= 0.3 is 5.97 Å². The van der Waals surface area contributed by atoms with Crippen LogP contribution in [0.2, 0.25) is 0 Å². The van der Waals surface area contributed by atoms with Crippen molar-refractivity contribution in [2.75, 3.05) is 6.61 Å². The highest BCUT2D eigenvalue weighted by atomic mass is 32.2. The van der Waals surface area contributed by atoms with Crippen molar-refractivity contribution in [1.29, 1.82) is 0 Å². The maximum Gasteiger partial charge on any atom is 0.352 e. The van der Waals surface area contributed by atoms with Crippen LogP contribution < -0.4 is 4.72 Å². The number of carboxylic acids is 1. The van der Waals surface area contributed by atoms with Gasteiger partial charge in [0.25, 0.3) is 0 Å². The average molecular weight is 316 g/mol. The van der Waals surface area contributed by atoms with Gasteiger partial charge in [-0.2, -0.15) is 0 Å². The number of rotatable bonds is 5. The number of nitrogens with one attached hydrogen (secondary N) is 1. The number of carbonyl (C=O) groups is 1. The predicted octanol–water partition coefficient (Wildman–Crippen LogP) is 0.697. The number of aliphatic hydroxyl groups excluding tert-OH is 1. The minimum absolute atomic E-state index is 0.0965. The number of hydrogen-bond donors (Lipinski definition) is 3. The lowest BCUT2D eigenvalue weighted by Crippen LogP contribution is -2.52. The Morgan fingerprint density at radius 2 is 2.00 bits per heavy atom. The Morgan fingerprint density at radius 3 is 2.48 bits per heavy atom. The standard InChI is InChI=1S/C13H20N2O5S/c1-15-8-10(7-11(15)12(17)18)21(19,20)14-13(9-16)5-3-2-4-6-13/h7-8,14,16H,2-6,9H2,1H3,(H,17,18). The number of aromatic nitrogens is 1. The van der Waals surface area contributed by atoms with E-state index >= 15 is 0 Å². The molecular formula is C13H20N2O5S. The molecule has 0 unspecified atom stereocenters. The zero-order valence-corrected chi connectivity index (χ0v) is 12.7. The van der Waals surface area contributed by atoms with E-state index in [1.165, 1.54) is 17.8 Å². The molecule has 0 radical (unpaired) electrons. The van der Waals surface area contributed by atoms with E-state index in [0.717, 1.165) is 25.3 Å². The van der Waals surface area contributed by atoms with Gasteiger partial charge in [-0.1, -0.05) is 19.3 Å². The number of nitrogens with zero attached hydrogens (tertiary/aromatic N) is 1. The fourth-order valence-corrected chi connectivity index (χ4v) is 4.28. The van der Waals surface area contributed by atoms with Gasteiger partial charge in [0.1, 0.15) is 10.6 Å². The third-order valence-electron chi connectivity index (χ3n) is 3.97. The smallest absolute Gasteiger partial charge is 0.352 e. The summed E-state index contributed by atoms with van der Waals surface area (Å²) in [4.78, 5) is 10.9. The van der Waals surface area contributed by atoms with Gasteiger partial charge in [-0.05, 0) is 18.9 Å². The highest BCUT2D eigenvalue weighted by Gasteiger charge is 2.36. The van der Waals surface area contributed by atoms with Crippen molar-refractivity contribution >= 4 is 16.0 Å². The molecule has 1 fully saturated rings. The van der Waals surface area contributed by atoms with Crippen molar-refractivity contribution in [1.82, 2.24) is 9.29 Å². The van der Waals surface area contributed by atoms with Gasteiger partial charge in [0.15, 0.2) is 0 Å². The minimum Gasteiger partial charge on any atom is -0.477 e. The number of aliphatic hydroxyl groups is 1. The van der Waals surface area contributed by atoms with Gasteiger partial charge in [-0.15, -0.1) is 0 Å². The van der Waals surface area contributed by atoms with Crippen LogP contribution in [0.1, 0.15) is 42.6 Å². The summed E-state index contributed by atoms with van der Waals surface area (Å²) in [5.74, 6) is -1.19. The van der Waals surface area contributed by atoms with Crippen molar-refractivity contribution in [3.63, 3.8) is 0 Å². The van der Waals surface area contributed by atoms with Gasteiger partial charge in [0, 0.05) is 13.2 Å². The first-order valence-electron chi connectivity index (χ1n) is 6.84. The molecule has 1 heterocycles. The van der Waals surface area contributed by atoms with Crippen LogP contribution in [-0.4, -0.2) is 41.3 Å². The minimum atomic E-state index is -3.86. The zero-order valence-electron chi connectivity index (χ0n) is 11.9. The maximum atomic E-state index is 12.4. The Hall–Kier alpha value is -1.38. The fraction of sp³-hybridized carbons (Fsp3) is 0.615. The first-order chi connectivity index (χ1) is 9.80. The summed E-state index contributed by atoms with van der Waals surface area (Å²) in [6.07, 6.45) is 5.18. The third kappa shape index (κ3) is 3.28.